The highest BCUT2D eigenvalue weighted by molar-refractivity contribution is 7.91. The zero-order chi connectivity index (χ0) is 21.3. The fraction of sp³-hybridized carbons (Fsp3) is 0.316. The van der Waals surface area contributed by atoms with E-state index >= 15 is 0 Å². The Labute approximate surface area is 166 Å². The Kier molecular flexibility index (Phi) is 6.32. The molecule has 1 N–H and O–H groups in total. The lowest BCUT2D eigenvalue weighted by atomic mass is 10.1. The Hall–Kier alpha value is -2.23. The molecule has 0 atom stereocenters. The number of rotatable bonds is 6. The van der Waals surface area contributed by atoms with E-state index in [2.05, 4.69) is 5.32 Å². The summed E-state index contributed by atoms with van der Waals surface area (Å²) in [7, 11) is -4.15. The fourth-order valence-electron chi connectivity index (χ4n) is 2.54. The largest absolute Gasteiger partial charge is 0.322 e. The molecule has 7 nitrogen and oxygen atoms in total. The summed E-state index contributed by atoms with van der Waals surface area (Å²) in [6.45, 7) is 5.00. The van der Waals surface area contributed by atoms with Crippen molar-refractivity contribution in [3.05, 3.63) is 53.1 Å². The molecule has 9 heteroatoms. The first-order valence-corrected chi connectivity index (χ1v) is 11.7. The van der Waals surface area contributed by atoms with Gasteiger partial charge in [-0.2, -0.15) is 0 Å². The highest BCUT2D eigenvalue weighted by Crippen LogP contribution is 2.24. The fourth-order valence-corrected chi connectivity index (χ4v) is 4.64. The van der Waals surface area contributed by atoms with Crippen LogP contribution in [-0.2, 0) is 19.9 Å². The molecule has 0 fully saturated rings. The molecule has 1 amide bonds. The summed E-state index contributed by atoms with van der Waals surface area (Å²) in [4.78, 5) is 12.9. The molecule has 0 aliphatic carbocycles. The van der Waals surface area contributed by atoms with E-state index in [1.165, 1.54) is 44.4 Å². The number of nitrogens with one attached hydrogen (secondary N) is 1. The van der Waals surface area contributed by atoms with Crippen LogP contribution < -0.4 is 5.32 Å². The number of hydrogen-bond acceptors (Lipinski definition) is 5. The van der Waals surface area contributed by atoms with E-state index in [1.54, 1.807) is 26.8 Å². The van der Waals surface area contributed by atoms with Crippen LogP contribution in [0.25, 0.3) is 0 Å². The number of anilines is 1. The van der Waals surface area contributed by atoms with Crippen LogP contribution in [0, 0.1) is 13.8 Å². The first-order chi connectivity index (χ1) is 12.9. The van der Waals surface area contributed by atoms with Crippen molar-refractivity contribution in [1.82, 2.24) is 4.31 Å². The molecule has 0 heterocycles. The maximum Gasteiger partial charge on any atom is 0.255 e. The van der Waals surface area contributed by atoms with Crippen molar-refractivity contribution in [2.45, 2.75) is 30.6 Å². The van der Waals surface area contributed by atoms with Crippen molar-refractivity contribution >= 4 is 31.5 Å². The van der Waals surface area contributed by atoms with Gasteiger partial charge in [0.1, 0.15) is 0 Å². The number of sulfone groups is 1. The summed E-state index contributed by atoms with van der Waals surface area (Å²) in [5, 5.41) is 2.67. The van der Waals surface area contributed by atoms with Crippen LogP contribution >= 0.6 is 0 Å². The predicted octanol–water partition coefficient (Wildman–Crippen LogP) is 2.60. The predicted molar refractivity (Wildman–Crippen MR) is 109 cm³/mol. The molecule has 0 aromatic heterocycles. The zero-order valence-corrected chi connectivity index (χ0v) is 18.1. The van der Waals surface area contributed by atoms with Gasteiger partial charge in [0.2, 0.25) is 10.0 Å². The molecular weight excluding hydrogens is 400 g/mol. The molecule has 0 bridgehead atoms. The summed E-state index contributed by atoms with van der Waals surface area (Å²) < 4.78 is 49.9. The van der Waals surface area contributed by atoms with E-state index in [1.807, 2.05) is 0 Å². The minimum atomic E-state index is -3.70. The lowest BCUT2D eigenvalue weighted by Gasteiger charge is -2.16. The third-order valence-corrected chi connectivity index (χ3v) is 8.18. The molecule has 0 aliphatic heterocycles. The molecule has 0 aliphatic rings. The molecule has 28 heavy (non-hydrogen) atoms. The SMILES string of the molecule is CCS(=O)(=O)c1ccc(NC(=O)c2cc(C)c(C)c(S(=O)(=O)N(C)C)c2)cc1. The van der Waals surface area contributed by atoms with Crippen LogP contribution in [0.15, 0.2) is 46.2 Å². The number of amides is 1. The second kappa shape index (κ2) is 8.02. The molecule has 0 saturated carbocycles. The Balaban J connectivity index is 2.36. The number of nitrogens with zero attached hydrogens (tertiary/aromatic N) is 1. The third-order valence-electron chi connectivity index (χ3n) is 4.49. The summed E-state index contributed by atoms with van der Waals surface area (Å²) in [6, 6.07) is 8.82. The Bertz CT molecular complexity index is 1100. The topological polar surface area (TPSA) is 101 Å². The highest BCUT2D eigenvalue weighted by atomic mass is 32.2. The van der Waals surface area contributed by atoms with Crippen molar-refractivity contribution in [2.75, 3.05) is 25.2 Å². The van der Waals surface area contributed by atoms with Crippen LogP contribution in [0.1, 0.15) is 28.4 Å². The number of benzene rings is 2. The first-order valence-electron chi connectivity index (χ1n) is 8.58. The third kappa shape index (κ3) is 4.43. The number of hydrogen-bond donors (Lipinski definition) is 1. The average Bonchev–Trinajstić information content (AvgIpc) is 2.63. The van der Waals surface area contributed by atoms with E-state index in [9.17, 15) is 21.6 Å². The second-order valence-corrected chi connectivity index (χ2v) is 11.0. The van der Waals surface area contributed by atoms with Gasteiger partial charge in [0.25, 0.3) is 5.91 Å². The van der Waals surface area contributed by atoms with Gasteiger partial charge in [-0.1, -0.05) is 6.92 Å². The van der Waals surface area contributed by atoms with Crippen molar-refractivity contribution < 1.29 is 21.6 Å². The molecule has 2 aromatic carbocycles. The Morgan fingerprint density at radius 1 is 1.00 bits per heavy atom. The lowest BCUT2D eigenvalue weighted by molar-refractivity contribution is 0.102. The first kappa shape index (κ1) is 22.1. The maximum atomic E-state index is 12.6. The van der Waals surface area contributed by atoms with E-state index in [0.717, 1.165) is 4.31 Å². The Morgan fingerprint density at radius 2 is 1.57 bits per heavy atom. The summed E-state index contributed by atoms with van der Waals surface area (Å²) >= 11 is 0. The summed E-state index contributed by atoms with van der Waals surface area (Å²) in [6.07, 6.45) is 0. The van der Waals surface area contributed by atoms with Gasteiger partial charge in [-0.3, -0.25) is 4.79 Å². The molecule has 0 radical (unpaired) electrons. The van der Waals surface area contributed by atoms with Crippen LogP contribution in [0.3, 0.4) is 0 Å². The smallest absolute Gasteiger partial charge is 0.255 e. The zero-order valence-electron chi connectivity index (χ0n) is 16.5. The number of aryl methyl sites for hydroxylation is 1. The number of carbonyl (C=O) groups is 1. The Morgan fingerprint density at radius 3 is 2.07 bits per heavy atom. The molecule has 0 unspecified atom stereocenters. The van der Waals surface area contributed by atoms with Crippen LogP contribution in [0.5, 0.6) is 0 Å². The van der Waals surface area contributed by atoms with Crippen LogP contribution in [0.4, 0.5) is 5.69 Å². The monoisotopic (exact) mass is 424 g/mol. The quantitative estimate of drug-likeness (QED) is 0.768. The van der Waals surface area contributed by atoms with E-state index in [0.29, 0.717) is 16.8 Å². The molecule has 2 aromatic rings. The standard InChI is InChI=1S/C19H24N2O5S2/c1-6-27(23,24)17-9-7-16(8-10-17)20-19(22)15-11-13(2)14(3)18(12-15)28(25,26)21(4)5/h7-12H,6H2,1-5H3,(H,20,22). The molecular formula is C19H24N2O5S2. The van der Waals surface area contributed by atoms with Crippen molar-refractivity contribution in [3.8, 4) is 0 Å². The highest BCUT2D eigenvalue weighted by Gasteiger charge is 2.23. The normalized spacial score (nSPS) is 12.2. The van der Waals surface area contributed by atoms with Gasteiger partial charge in [-0.15, -0.1) is 0 Å². The van der Waals surface area contributed by atoms with Gasteiger partial charge in [-0.05, 0) is 61.4 Å². The lowest BCUT2D eigenvalue weighted by Crippen LogP contribution is -2.24. The van der Waals surface area contributed by atoms with Gasteiger partial charge in [0, 0.05) is 25.3 Å². The molecule has 0 spiro atoms. The van der Waals surface area contributed by atoms with Gasteiger partial charge < -0.3 is 5.32 Å². The van der Waals surface area contributed by atoms with E-state index in [4.69, 9.17) is 0 Å². The van der Waals surface area contributed by atoms with Crippen LogP contribution in [-0.4, -0.2) is 46.9 Å². The molecule has 2 rings (SSSR count). The summed E-state index contributed by atoms with van der Waals surface area (Å²) in [5.74, 6) is -0.491. The van der Waals surface area contributed by atoms with E-state index < -0.39 is 25.8 Å². The van der Waals surface area contributed by atoms with Crippen molar-refractivity contribution in [3.63, 3.8) is 0 Å². The molecule has 0 saturated heterocycles. The molecule has 152 valence electrons. The summed E-state index contributed by atoms with van der Waals surface area (Å²) in [5.41, 5.74) is 1.88. The number of carbonyl (C=O) groups excluding carboxylic acids is 1. The van der Waals surface area contributed by atoms with Gasteiger partial charge >= 0.3 is 0 Å². The average molecular weight is 425 g/mol. The minimum Gasteiger partial charge on any atom is -0.322 e. The van der Waals surface area contributed by atoms with Crippen molar-refractivity contribution in [1.29, 1.82) is 0 Å². The van der Waals surface area contributed by atoms with Crippen LogP contribution in [0.2, 0.25) is 0 Å². The maximum absolute atomic E-state index is 12.6. The number of sulfonamides is 1. The second-order valence-electron chi connectivity index (χ2n) is 6.59. The van der Waals surface area contributed by atoms with Crippen molar-refractivity contribution in [2.24, 2.45) is 0 Å². The van der Waals surface area contributed by atoms with Gasteiger partial charge in [0.15, 0.2) is 9.84 Å². The van der Waals surface area contributed by atoms with Gasteiger partial charge in [-0.25, -0.2) is 21.1 Å². The van der Waals surface area contributed by atoms with E-state index in [-0.39, 0.29) is 21.1 Å². The van der Waals surface area contributed by atoms with Gasteiger partial charge in [0.05, 0.1) is 15.5 Å². The minimum absolute atomic E-state index is 0.00945.